The Morgan fingerprint density at radius 2 is 2.22 bits per heavy atom. The predicted octanol–water partition coefficient (Wildman–Crippen LogP) is 3.69. The van der Waals surface area contributed by atoms with Crippen molar-refractivity contribution in [3.63, 3.8) is 0 Å². The first-order chi connectivity index (χ1) is 8.68. The number of hydrogen-bond acceptors (Lipinski definition) is 2. The summed E-state index contributed by atoms with van der Waals surface area (Å²) >= 11 is 5.34. The largest absolute Gasteiger partial charge is 0.340 e. The molecule has 2 nitrogen and oxygen atoms in total. The first kappa shape index (κ1) is 13.9. The summed E-state index contributed by atoms with van der Waals surface area (Å²) < 4.78 is 1.07. The molecule has 2 rings (SSSR count). The molecule has 1 aromatic carbocycles. The summed E-state index contributed by atoms with van der Waals surface area (Å²) in [4.78, 5) is 14.2. The number of hydrogen-bond donors (Lipinski definition) is 0. The molecule has 0 aromatic heterocycles. The van der Waals surface area contributed by atoms with Crippen molar-refractivity contribution in [3.8, 4) is 0 Å². The second-order valence-electron chi connectivity index (χ2n) is 4.64. The number of nitrogens with zero attached hydrogens (tertiary/aromatic N) is 1. The van der Waals surface area contributed by atoms with Crippen LogP contribution in [-0.2, 0) is 11.3 Å². The van der Waals surface area contributed by atoms with E-state index < -0.39 is 0 Å². The van der Waals surface area contributed by atoms with Gasteiger partial charge in [0.2, 0.25) is 5.91 Å². The molecule has 98 valence electrons. The number of halogens is 1. The SMILES string of the molecule is CN(Cc1ccccc1Br)C(=O)C1CCCCS1. The zero-order valence-corrected chi connectivity index (χ0v) is 13.0. The van der Waals surface area contributed by atoms with Crippen LogP contribution in [0.1, 0.15) is 24.8 Å². The van der Waals surface area contributed by atoms with E-state index in [2.05, 4.69) is 22.0 Å². The summed E-state index contributed by atoms with van der Waals surface area (Å²) in [6.45, 7) is 0.678. The Hall–Kier alpha value is -0.480. The molecule has 1 fully saturated rings. The van der Waals surface area contributed by atoms with Crippen LogP contribution in [-0.4, -0.2) is 28.9 Å². The smallest absolute Gasteiger partial charge is 0.235 e. The van der Waals surface area contributed by atoms with Gasteiger partial charge in [-0.1, -0.05) is 40.5 Å². The van der Waals surface area contributed by atoms with Crippen LogP contribution < -0.4 is 0 Å². The summed E-state index contributed by atoms with van der Waals surface area (Å²) in [6.07, 6.45) is 3.47. The molecule has 1 aromatic rings. The first-order valence-electron chi connectivity index (χ1n) is 6.28. The van der Waals surface area contributed by atoms with Crippen molar-refractivity contribution in [1.82, 2.24) is 4.90 Å². The average molecular weight is 328 g/mol. The Bertz CT molecular complexity index is 418. The lowest BCUT2D eigenvalue weighted by Crippen LogP contribution is -2.35. The molecule has 1 aliphatic rings. The first-order valence-corrected chi connectivity index (χ1v) is 8.12. The van der Waals surface area contributed by atoms with Gasteiger partial charge in [0.1, 0.15) is 0 Å². The van der Waals surface area contributed by atoms with E-state index in [-0.39, 0.29) is 11.2 Å². The maximum absolute atomic E-state index is 12.3. The minimum absolute atomic E-state index is 0.172. The Morgan fingerprint density at radius 1 is 1.44 bits per heavy atom. The van der Waals surface area contributed by atoms with E-state index in [9.17, 15) is 4.79 Å². The molecule has 1 amide bonds. The normalized spacial score (nSPS) is 19.6. The maximum Gasteiger partial charge on any atom is 0.235 e. The molecule has 0 aliphatic carbocycles. The number of amides is 1. The molecule has 0 radical (unpaired) electrons. The molecule has 18 heavy (non-hydrogen) atoms. The van der Waals surface area contributed by atoms with Crippen LogP contribution in [0.15, 0.2) is 28.7 Å². The molecule has 4 heteroatoms. The highest BCUT2D eigenvalue weighted by atomic mass is 79.9. The minimum atomic E-state index is 0.172. The number of benzene rings is 1. The van der Waals surface area contributed by atoms with Crippen molar-refractivity contribution >= 4 is 33.6 Å². The molecule has 0 bridgehead atoms. The number of thioether (sulfide) groups is 1. The van der Waals surface area contributed by atoms with E-state index in [1.807, 2.05) is 41.9 Å². The van der Waals surface area contributed by atoms with E-state index in [4.69, 9.17) is 0 Å². The van der Waals surface area contributed by atoms with Crippen molar-refractivity contribution in [2.24, 2.45) is 0 Å². The van der Waals surface area contributed by atoms with E-state index in [0.717, 1.165) is 22.2 Å². The predicted molar refractivity (Wildman–Crippen MR) is 80.7 cm³/mol. The van der Waals surface area contributed by atoms with Gasteiger partial charge >= 0.3 is 0 Å². The Kier molecular flexibility index (Phi) is 5.13. The molecular weight excluding hydrogens is 310 g/mol. The van der Waals surface area contributed by atoms with Crippen molar-refractivity contribution in [2.75, 3.05) is 12.8 Å². The van der Waals surface area contributed by atoms with Gasteiger partial charge in [0.05, 0.1) is 5.25 Å². The Morgan fingerprint density at radius 3 is 2.89 bits per heavy atom. The summed E-state index contributed by atoms with van der Waals surface area (Å²) in [5.74, 6) is 1.40. The second kappa shape index (κ2) is 6.62. The fourth-order valence-corrected chi connectivity index (χ4v) is 3.86. The topological polar surface area (TPSA) is 20.3 Å². The maximum atomic E-state index is 12.3. The standard InChI is InChI=1S/C14H18BrNOS/c1-16(10-11-6-2-3-7-12(11)15)14(17)13-8-4-5-9-18-13/h2-3,6-7,13H,4-5,8-10H2,1H3. The Balaban J connectivity index is 1.96. The molecular formula is C14H18BrNOS. The number of rotatable bonds is 3. The highest BCUT2D eigenvalue weighted by molar-refractivity contribution is 9.10. The van der Waals surface area contributed by atoms with E-state index in [1.165, 1.54) is 12.8 Å². The zero-order chi connectivity index (χ0) is 13.0. The fourth-order valence-electron chi connectivity index (χ4n) is 2.14. The van der Waals surface area contributed by atoms with Gasteiger partial charge in [-0.3, -0.25) is 4.79 Å². The van der Waals surface area contributed by atoms with E-state index >= 15 is 0 Å². The van der Waals surface area contributed by atoms with Crippen molar-refractivity contribution in [2.45, 2.75) is 31.1 Å². The minimum Gasteiger partial charge on any atom is -0.340 e. The third-order valence-corrected chi connectivity index (χ3v) is 5.33. The van der Waals surface area contributed by atoms with Gasteiger partial charge in [-0.05, 0) is 30.2 Å². The van der Waals surface area contributed by atoms with E-state index in [0.29, 0.717) is 6.54 Å². The van der Waals surface area contributed by atoms with Crippen LogP contribution in [0.4, 0.5) is 0 Å². The molecule has 1 saturated heterocycles. The van der Waals surface area contributed by atoms with Crippen LogP contribution in [0.25, 0.3) is 0 Å². The molecule has 0 spiro atoms. The molecule has 1 heterocycles. The van der Waals surface area contributed by atoms with Gasteiger partial charge in [0.15, 0.2) is 0 Å². The summed E-state index contributed by atoms with van der Waals surface area (Å²) in [7, 11) is 1.90. The van der Waals surface area contributed by atoms with Gasteiger partial charge in [0, 0.05) is 18.1 Å². The number of carbonyl (C=O) groups excluding carboxylic acids is 1. The molecule has 0 saturated carbocycles. The highest BCUT2D eigenvalue weighted by Gasteiger charge is 2.24. The third-order valence-electron chi connectivity index (χ3n) is 3.20. The monoisotopic (exact) mass is 327 g/mol. The molecule has 1 aliphatic heterocycles. The lowest BCUT2D eigenvalue weighted by atomic mass is 10.1. The van der Waals surface area contributed by atoms with Gasteiger partial charge in [-0.15, -0.1) is 11.8 Å². The summed E-state index contributed by atoms with van der Waals surface area (Å²) in [5, 5.41) is 0.172. The average Bonchev–Trinajstić information content (AvgIpc) is 2.41. The fraction of sp³-hybridized carbons (Fsp3) is 0.500. The van der Waals surface area contributed by atoms with Crippen LogP contribution in [0.3, 0.4) is 0 Å². The lowest BCUT2D eigenvalue weighted by molar-refractivity contribution is -0.130. The number of carbonyl (C=O) groups is 1. The summed E-state index contributed by atoms with van der Waals surface area (Å²) in [6, 6.07) is 8.07. The van der Waals surface area contributed by atoms with Crippen molar-refractivity contribution in [1.29, 1.82) is 0 Å². The quantitative estimate of drug-likeness (QED) is 0.843. The van der Waals surface area contributed by atoms with Gasteiger partial charge in [-0.2, -0.15) is 0 Å². The van der Waals surface area contributed by atoms with Crippen LogP contribution in [0.5, 0.6) is 0 Å². The highest BCUT2D eigenvalue weighted by Crippen LogP contribution is 2.27. The third kappa shape index (κ3) is 3.51. The van der Waals surface area contributed by atoms with Crippen LogP contribution in [0.2, 0.25) is 0 Å². The zero-order valence-electron chi connectivity index (χ0n) is 10.6. The molecule has 1 unspecified atom stereocenters. The van der Waals surface area contributed by atoms with Gasteiger partial charge < -0.3 is 4.90 Å². The van der Waals surface area contributed by atoms with Crippen LogP contribution in [0, 0.1) is 0 Å². The van der Waals surface area contributed by atoms with Crippen LogP contribution >= 0.6 is 27.7 Å². The van der Waals surface area contributed by atoms with Crippen molar-refractivity contribution < 1.29 is 4.79 Å². The second-order valence-corrected chi connectivity index (χ2v) is 6.81. The van der Waals surface area contributed by atoms with Crippen molar-refractivity contribution in [3.05, 3.63) is 34.3 Å². The van der Waals surface area contributed by atoms with Gasteiger partial charge in [0.25, 0.3) is 0 Å². The summed E-state index contributed by atoms with van der Waals surface area (Å²) in [5.41, 5.74) is 1.16. The molecule has 0 N–H and O–H groups in total. The van der Waals surface area contributed by atoms with E-state index in [1.54, 1.807) is 0 Å². The Labute approximate surface area is 121 Å². The lowest BCUT2D eigenvalue weighted by Gasteiger charge is -2.26. The van der Waals surface area contributed by atoms with Gasteiger partial charge in [-0.25, -0.2) is 0 Å². The molecule has 1 atom stereocenters.